The maximum absolute atomic E-state index is 12.8. The van der Waals surface area contributed by atoms with Gasteiger partial charge >= 0.3 is 11.5 Å². The van der Waals surface area contributed by atoms with Gasteiger partial charge in [-0.2, -0.15) is 9.80 Å². The molecule has 2 aromatic heterocycles. The fourth-order valence-corrected chi connectivity index (χ4v) is 3.78. The van der Waals surface area contributed by atoms with Crippen LogP contribution in [0.4, 0.5) is 11.4 Å². The number of nitrogens with zero attached hydrogens (tertiary/aromatic N) is 4. The molecule has 0 unspecified atom stereocenters. The molecule has 0 saturated carbocycles. The third-order valence-electron chi connectivity index (χ3n) is 4.33. The minimum atomic E-state index is -1.26. The number of carbonyl (C=O) groups is 1. The second-order valence-corrected chi connectivity index (χ2v) is 7.89. The molecule has 156 valence electrons. The highest BCUT2D eigenvalue weighted by atomic mass is 35.5. The molecule has 0 saturated heterocycles. The van der Waals surface area contributed by atoms with Crippen molar-refractivity contribution in [1.82, 2.24) is 14.8 Å². The van der Waals surface area contributed by atoms with Gasteiger partial charge in [0.15, 0.2) is 5.69 Å². The first kappa shape index (κ1) is 20.5. The molecule has 31 heavy (non-hydrogen) atoms. The average Bonchev–Trinajstić information content (AvgIpc) is 3.32. The molecule has 2 heterocycles. The van der Waals surface area contributed by atoms with Crippen LogP contribution in [0.1, 0.15) is 16.1 Å². The summed E-state index contributed by atoms with van der Waals surface area (Å²) in [5.74, 6) is -1.70. The lowest BCUT2D eigenvalue weighted by molar-refractivity contribution is 0.0694. The Labute approximate surface area is 183 Å². The van der Waals surface area contributed by atoms with E-state index in [0.29, 0.717) is 15.8 Å². The first-order chi connectivity index (χ1) is 14.8. The number of carboxylic acid groups (broad SMARTS) is 1. The maximum Gasteiger partial charge on any atom is 0.339 e. The highest BCUT2D eigenvalue weighted by Gasteiger charge is 2.16. The molecule has 0 aliphatic rings. The fraction of sp³-hybridized carbons (Fsp3) is 0.0500. The number of halogens is 1. The summed E-state index contributed by atoms with van der Waals surface area (Å²) in [6.07, 6.45) is 1.67. The van der Waals surface area contributed by atoms with Crippen molar-refractivity contribution in [2.75, 3.05) is 0 Å². The van der Waals surface area contributed by atoms with Crippen LogP contribution in [0, 0.1) is 6.92 Å². The number of aromatic nitrogens is 3. The van der Waals surface area contributed by atoms with Crippen molar-refractivity contribution in [3.8, 4) is 21.3 Å². The summed E-state index contributed by atoms with van der Waals surface area (Å²) < 4.78 is 1.28. The summed E-state index contributed by atoms with van der Waals surface area (Å²) in [5, 5.41) is 30.6. The number of phenols is 1. The van der Waals surface area contributed by atoms with Gasteiger partial charge in [0.2, 0.25) is 5.13 Å². The highest BCUT2D eigenvalue weighted by molar-refractivity contribution is 7.17. The van der Waals surface area contributed by atoms with Gasteiger partial charge in [-0.05, 0) is 36.8 Å². The molecule has 0 aliphatic heterocycles. The van der Waals surface area contributed by atoms with E-state index in [4.69, 9.17) is 16.7 Å². The molecule has 0 fully saturated rings. The van der Waals surface area contributed by atoms with Gasteiger partial charge in [-0.3, -0.25) is 9.89 Å². The van der Waals surface area contributed by atoms with Gasteiger partial charge < -0.3 is 10.2 Å². The van der Waals surface area contributed by atoms with E-state index in [0.717, 1.165) is 16.5 Å². The van der Waals surface area contributed by atoms with Crippen molar-refractivity contribution >= 4 is 40.3 Å². The van der Waals surface area contributed by atoms with Crippen LogP contribution >= 0.6 is 22.9 Å². The number of aromatic amines is 1. The van der Waals surface area contributed by atoms with Crippen molar-refractivity contribution in [2.24, 2.45) is 10.2 Å². The predicted octanol–water partition coefficient (Wildman–Crippen LogP) is 5.07. The fourth-order valence-electron chi connectivity index (χ4n) is 2.78. The Bertz CT molecular complexity index is 1370. The van der Waals surface area contributed by atoms with Gasteiger partial charge in [-0.1, -0.05) is 35.1 Å². The number of aromatic carboxylic acids is 1. The van der Waals surface area contributed by atoms with E-state index in [2.05, 4.69) is 20.3 Å². The number of aromatic hydroxyl groups is 1. The minimum absolute atomic E-state index is 0.0741. The summed E-state index contributed by atoms with van der Waals surface area (Å²) in [6.45, 7) is 1.67. The smallest absolute Gasteiger partial charge is 0.339 e. The Morgan fingerprint density at radius 1 is 1.19 bits per heavy atom. The van der Waals surface area contributed by atoms with E-state index in [1.54, 1.807) is 25.3 Å². The molecule has 3 N–H and O–H groups in total. The Hall–Kier alpha value is -3.76. The maximum atomic E-state index is 12.8. The van der Waals surface area contributed by atoms with E-state index in [9.17, 15) is 14.7 Å². The summed E-state index contributed by atoms with van der Waals surface area (Å²) in [4.78, 5) is 29.0. The van der Waals surface area contributed by atoms with Crippen LogP contribution in [-0.4, -0.2) is 30.9 Å². The van der Waals surface area contributed by atoms with E-state index < -0.39 is 17.3 Å². The molecule has 4 rings (SSSR count). The lowest BCUT2D eigenvalue weighted by Gasteiger charge is -1.99. The molecule has 0 bridgehead atoms. The van der Waals surface area contributed by atoms with Gasteiger partial charge in [0, 0.05) is 17.3 Å². The van der Waals surface area contributed by atoms with Crippen LogP contribution < -0.4 is 5.56 Å². The second kappa shape index (κ2) is 8.17. The molecule has 0 spiro atoms. The number of H-pyrrole nitrogens is 1. The Morgan fingerprint density at radius 2 is 1.94 bits per heavy atom. The zero-order chi connectivity index (χ0) is 22.1. The molecule has 4 aromatic rings. The number of thiazole rings is 1. The molecule has 0 atom stereocenters. The summed E-state index contributed by atoms with van der Waals surface area (Å²) in [7, 11) is 0. The van der Waals surface area contributed by atoms with Crippen molar-refractivity contribution in [1.29, 1.82) is 0 Å². The number of azo groups is 1. The number of hydrogen-bond acceptors (Lipinski definition) is 7. The van der Waals surface area contributed by atoms with Gasteiger partial charge in [0.05, 0.1) is 16.3 Å². The van der Waals surface area contributed by atoms with Crippen molar-refractivity contribution in [2.45, 2.75) is 6.92 Å². The summed E-state index contributed by atoms with van der Waals surface area (Å²) >= 11 is 7.24. The first-order valence-corrected chi connectivity index (χ1v) is 10.0. The van der Waals surface area contributed by atoms with Crippen LogP contribution in [-0.2, 0) is 0 Å². The monoisotopic (exact) mass is 455 g/mol. The predicted molar refractivity (Wildman–Crippen MR) is 116 cm³/mol. The molecule has 2 aromatic carbocycles. The number of aryl methyl sites for hydroxylation is 1. The first-order valence-electron chi connectivity index (χ1n) is 8.85. The van der Waals surface area contributed by atoms with E-state index in [-0.39, 0.29) is 16.9 Å². The zero-order valence-corrected chi connectivity index (χ0v) is 17.5. The third-order valence-corrected chi connectivity index (χ3v) is 5.61. The van der Waals surface area contributed by atoms with E-state index in [1.807, 2.05) is 12.1 Å². The third kappa shape index (κ3) is 4.11. The Kier molecular flexibility index (Phi) is 5.40. The van der Waals surface area contributed by atoms with Crippen LogP contribution in [0.25, 0.3) is 15.6 Å². The Balaban J connectivity index is 1.63. The molecule has 11 heteroatoms. The molecule has 0 radical (unpaired) electrons. The molecule has 0 aliphatic carbocycles. The lowest BCUT2D eigenvalue weighted by atomic mass is 10.2. The summed E-state index contributed by atoms with van der Waals surface area (Å²) in [5.41, 5.74) is 0.986. The Morgan fingerprint density at radius 3 is 2.61 bits per heavy atom. The van der Waals surface area contributed by atoms with Gasteiger partial charge in [0.25, 0.3) is 0 Å². The molecule has 9 nitrogen and oxygen atoms in total. The number of benzene rings is 2. The average molecular weight is 456 g/mol. The highest BCUT2D eigenvalue weighted by Crippen LogP contribution is 2.29. The van der Waals surface area contributed by atoms with E-state index in [1.165, 1.54) is 28.2 Å². The van der Waals surface area contributed by atoms with Crippen molar-refractivity contribution in [3.63, 3.8) is 0 Å². The topological polar surface area (TPSA) is 133 Å². The molecule has 0 amide bonds. The van der Waals surface area contributed by atoms with Crippen LogP contribution in [0.5, 0.6) is 5.75 Å². The number of rotatable bonds is 5. The van der Waals surface area contributed by atoms with Crippen LogP contribution in [0.2, 0.25) is 5.02 Å². The standard InChI is InChI=1S/C20H14ClN5O4S/c1-10-17(24-23-13-6-7-14(19(29)30)15(27)8-13)18(28)26(25-10)20-22-9-16(31-20)11-2-4-12(21)5-3-11/h2-9,25,27H,1H3,(H,29,30). The normalized spacial score (nSPS) is 11.3. The number of nitrogens with one attached hydrogen (secondary N) is 1. The van der Waals surface area contributed by atoms with Gasteiger partial charge in [-0.25, -0.2) is 9.78 Å². The van der Waals surface area contributed by atoms with Crippen LogP contribution in [0.15, 0.2) is 63.7 Å². The largest absolute Gasteiger partial charge is 0.507 e. The molecular weight excluding hydrogens is 442 g/mol. The lowest BCUT2D eigenvalue weighted by Crippen LogP contribution is -2.13. The summed E-state index contributed by atoms with van der Waals surface area (Å²) in [6, 6.07) is 11.0. The van der Waals surface area contributed by atoms with Crippen molar-refractivity contribution < 1.29 is 15.0 Å². The quantitative estimate of drug-likeness (QED) is 0.361. The van der Waals surface area contributed by atoms with Crippen molar-refractivity contribution in [3.05, 3.63) is 75.3 Å². The second-order valence-electron chi connectivity index (χ2n) is 6.45. The SMILES string of the molecule is Cc1[nH]n(-c2ncc(-c3ccc(Cl)cc3)s2)c(=O)c1N=Nc1ccc(C(=O)O)c(O)c1. The van der Waals surface area contributed by atoms with Gasteiger partial charge in [0.1, 0.15) is 11.3 Å². The van der Waals surface area contributed by atoms with Gasteiger partial charge in [-0.15, -0.1) is 5.11 Å². The van der Waals surface area contributed by atoms with Crippen LogP contribution in [0.3, 0.4) is 0 Å². The minimum Gasteiger partial charge on any atom is -0.507 e. The number of hydrogen-bond donors (Lipinski definition) is 3. The zero-order valence-electron chi connectivity index (χ0n) is 15.9. The number of carboxylic acids is 1. The molecular formula is C20H14ClN5O4S. The van der Waals surface area contributed by atoms with E-state index >= 15 is 0 Å².